The zero-order valence-electron chi connectivity index (χ0n) is 8.71. The first-order chi connectivity index (χ1) is 6.33. The summed E-state index contributed by atoms with van der Waals surface area (Å²) in [5, 5.41) is 3.46. The Bertz CT molecular complexity index is 124. The van der Waals surface area contributed by atoms with Crippen LogP contribution in [-0.2, 0) is 9.47 Å². The fraction of sp³-hybridized carbons (Fsp3) is 1.00. The molecule has 3 heteroatoms. The van der Waals surface area contributed by atoms with E-state index in [1.54, 1.807) is 0 Å². The Kier molecular flexibility index (Phi) is 5.35. The van der Waals surface area contributed by atoms with Gasteiger partial charge in [-0.1, -0.05) is 0 Å². The van der Waals surface area contributed by atoms with Crippen LogP contribution < -0.4 is 5.32 Å². The number of hydrogen-bond acceptors (Lipinski definition) is 3. The molecule has 0 amide bonds. The Hall–Kier alpha value is -0.120. The van der Waals surface area contributed by atoms with Gasteiger partial charge >= 0.3 is 0 Å². The van der Waals surface area contributed by atoms with Crippen molar-refractivity contribution in [3.8, 4) is 0 Å². The van der Waals surface area contributed by atoms with Crippen molar-refractivity contribution < 1.29 is 9.47 Å². The highest BCUT2D eigenvalue weighted by molar-refractivity contribution is 4.71. The highest BCUT2D eigenvalue weighted by atomic mass is 16.5. The van der Waals surface area contributed by atoms with Crippen molar-refractivity contribution >= 4 is 0 Å². The second-order valence-electron chi connectivity index (χ2n) is 3.59. The minimum atomic E-state index is 0.312. The fourth-order valence-electron chi connectivity index (χ4n) is 1.58. The van der Waals surface area contributed by atoms with Crippen LogP contribution in [0, 0.1) is 0 Å². The summed E-state index contributed by atoms with van der Waals surface area (Å²) in [7, 11) is 0. The van der Waals surface area contributed by atoms with E-state index >= 15 is 0 Å². The molecule has 0 aromatic carbocycles. The molecular formula is C10H21NO2. The maximum absolute atomic E-state index is 5.43. The maximum Gasteiger partial charge on any atom is 0.0671 e. The lowest BCUT2D eigenvalue weighted by Gasteiger charge is -2.24. The Morgan fingerprint density at radius 2 is 2.46 bits per heavy atom. The van der Waals surface area contributed by atoms with Crippen LogP contribution in [0.3, 0.4) is 0 Å². The molecule has 1 saturated heterocycles. The molecule has 1 aliphatic heterocycles. The predicted octanol–water partition coefficient (Wildman–Crippen LogP) is 1.18. The van der Waals surface area contributed by atoms with Gasteiger partial charge in [-0.05, 0) is 26.7 Å². The van der Waals surface area contributed by atoms with Gasteiger partial charge in [-0.2, -0.15) is 0 Å². The van der Waals surface area contributed by atoms with Gasteiger partial charge in [0, 0.05) is 25.8 Å². The van der Waals surface area contributed by atoms with E-state index < -0.39 is 0 Å². The number of rotatable bonds is 5. The monoisotopic (exact) mass is 187 g/mol. The van der Waals surface area contributed by atoms with Crippen LogP contribution >= 0.6 is 0 Å². The summed E-state index contributed by atoms with van der Waals surface area (Å²) >= 11 is 0. The molecule has 2 atom stereocenters. The predicted molar refractivity (Wildman–Crippen MR) is 52.9 cm³/mol. The normalized spacial score (nSPS) is 25.8. The second-order valence-corrected chi connectivity index (χ2v) is 3.59. The molecule has 1 aliphatic rings. The van der Waals surface area contributed by atoms with Crippen LogP contribution in [0.15, 0.2) is 0 Å². The van der Waals surface area contributed by atoms with Gasteiger partial charge in [0.25, 0.3) is 0 Å². The molecule has 13 heavy (non-hydrogen) atoms. The van der Waals surface area contributed by atoms with Crippen molar-refractivity contribution in [2.75, 3.05) is 26.4 Å². The third kappa shape index (κ3) is 4.60. The van der Waals surface area contributed by atoms with Crippen LogP contribution in [-0.4, -0.2) is 38.5 Å². The molecule has 0 saturated carbocycles. The lowest BCUT2D eigenvalue weighted by molar-refractivity contribution is 0.0486. The molecule has 3 nitrogen and oxygen atoms in total. The average molecular weight is 187 g/mol. The van der Waals surface area contributed by atoms with Gasteiger partial charge in [-0.15, -0.1) is 0 Å². The van der Waals surface area contributed by atoms with Crippen molar-refractivity contribution in [1.82, 2.24) is 5.32 Å². The summed E-state index contributed by atoms with van der Waals surface area (Å²) in [5.74, 6) is 0. The van der Waals surface area contributed by atoms with Crippen LogP contribution in [0.1, 0.15) is 26.7 Å². The minimum Gasteiger partial charge on any atom is -0.380 e. The molecule has 78 valence electrons. The van der Waals surface area contributed by atoms with Gasteiger partial charge in [0.15, 0.2) is 0 Å². The molecule has 0 radical (unpaired) electrons. The van der Waals surface area contributed by atoms with E-state index in [-0.39, 0.29) is 0 Å². The van der Waals surface area contributed by atoms with Gasteiger partial charge in [0.05, 0.1) is 12.7 Å². The van der Waals surface area contributed by atoms with E-state index in [4.69, 9.17) is 9.47 Å². The highest BCUT2D eigenvalue weighted by Gasteiger charge is 2.13. The summed E-state index contributed by atoms with van der Waals surface area (Å²) in [6.07, 6.45) is 2.73. The third-order valence-corrected chi connectivity index (χ3v) is 2.31. The van der Waals surface area contributed by atoms with Gasteiger partial charge in [0.1, 0.15) is 0 Å². The topological polar surface area (TPSA) is 30.5 Å². The highest BCUT2D eigenvalue weighted by Crippen LogP contribution is 2.05. The van der Waals surface area contributed by atoms with Crippen LogP contribution in [0.4, 0.5) is 0 Å². The summed E-state index contributed by atoms with van der Waals surface area (Å²) in [6, 6.07) is 0.539. The fourth-order valence-corrected chi connectivity index (χ4v) is 1.58. The van der Waals surface area contributed by atoms with Gasteiger partial charge < -0.3 is 14.8 Å². The van der Waals surface area contributed by atoms with E-state index in [1.807, 2.05) is 6.92 Å². The van der Waals surface area contributed by atoms with Crippen molar-refractivity contribution in [2.24, 2.45) is 0 Å². The van der Waals surface area contributed by atoms with Gasteiger partial charge in [-0.25, -0.2) is 0 Å². The number of hydrogen-bond donors (Lipinski definition) is 1. The quantitative estimate of drug-likeness (QED) is 0.701. The van der Waals surface area contributed by atoms with Crippen LogP contribution in [0.5, 0.6) is 0 Å². The number of ether oxygens (including phenoxy) is 2. The standard InChI is InChI=1S/C10H21NO2/c1-3-13-9(2)7-11-10-5-4-6-12-8-10/h9-11H,3-8H2,1-2H3. The van der Waals surface area contributed by atoms with Crippen molar-refractivity contribution in [1.29, 1.82) is 0 Å². The van der Waals surface area contributed by atoms with Crippen molar-refractivity contribution in [3.63, 3.8) is 0 Å². The average Bonchev–Trinajstić information content (AvgIpc) is 2.17. The van der Waals surface area contributed by atoms with E-state index in [0.717, 1.165) is 26.4 Å². The zero-order valence-corrected chi connectivity index (χ0v) is 8.71. The molecule has 1 heterocycles. The first-order valence-corrected chi connectivity index (χ1v) is 5.25. The molecule has 2 unspecified atom stereocenters. The smallest absolute Gasteiger partial charge is 0.0671 e. The van der Waals surface area contributed by atoms with E-state index in [2.05, 4.69) is 12.2 Å². The molecule has 0 spiro atoms. The Balaban J connectivity index is 2.03. The summed E-state index contributed by atoms with van der Waals surface area (Å²) < 4.78 is 10.8. The largest absolute Gasteiger partial charge is 0.380 e. The summed E-state index contributed by atoms with van der Waals surface area (Å²) in [6.45, 7) is 7.64. The van der Waals surface area contributed by atoms with E-state index in [0.29, 0.717) is 12.1 Å². The SMILES string of the molecule is CCOC(C)CNC1CCCOC1. The first-order valence-electron chi connectivity index (χ1n) is 5.25. The van der Waals surface area contributed by atoms with E-state index in [1.165, 1.54) is 12.8 Å². The van der Waals surface area contributed by atoms with Crippen molar-refractivity contribution in [3.05, 3.63) is 0 Å². The molecule has 0 bridgehead atoms. The molecule has 1 N–H and O–H groups in total. The first kappa shape index (κ1) is 11.0. The Morgan fingerprint density at radius 3 is 3.08 bits per heavy atom. The Labute approximate surface area is 80.8 Å². The van der Waals surface area contributed by atoms with Crippen LogP contribution in [0.25, 0.3) is 0 Å². The Morgan fingerprint density at radius 1 is 1.62 bits per heavy atom. The lowest BCUT2D eigenvalue weighted by Crippen LogP contribution is -2.40. The molecule has 0 aliphatic carbocycles. The molecule has 0 aromatic rings. The molecular weight excluding hydrogens is 166 g/mol. The molecule has 1 rings (SSSR count). The maximum atomic E-state index is 5.43. The second kappa shape index (κ2) is 6.35. The summed E-state index contributed by atoms with van der Waals surface area (Å²) in [4.78, 5) is 0. The molecule has 0 aromatic heterocycles. The van der Waals surface area contributed by atoms with Crippen LogP contribution in [0.2, 0.25) is 0 Å². The minimum absolute atomic E-state index is 0.312. The number of nitrogens with one attached hydrogen (secondary N) is 1. The third-order valence-electron chi connectivity index (χ3n) is 2.31. The summed E-state index contributed by atoms with van der Waals surface area (Å²) in [5.41, 5.74) is 0. The zero-order chi connectivity index (χ0) is 9.52. The van der Waals surface area contributed by atoms with E-state index in [9.17, 15) is 0 Å². The van der Waals surface area contributed by atoms with Gasteiger partial charge in [-0.3, -0.25) is 0 Å². The van der Waals surface area contributed by atoms with Gasteiger partial charge in [0.2, 0.25) is 0 Å². The lowest BCUT2D eigenvalue weighted by atomic mass is 10.1. The van der Waals surface area contributed by atoms with Crippen molar-refractivity contribution in [2.45, 2.75) is 38.8 Å². The molecule has 1 fully saturated rings.